The molecule has 3 aliphatic rings. The van der Waals surface area contributed by atoms with Crippen molar-refractivity contribution in [2.45, 2.75) is 171 Å². The Balaban J connectivity index is 1.62. The van der Waals surface area contributed by atoms with Crippen LogP contribution < -0.4 is 37.2 Å². The second-order valence-electron chi connectivity index (χ2n) is 23.8. The molecule has 3 fully saturated rings. The minimum absolute atomic E-state index is 0.000760. The number of amides is 7. The first-order valence-corrected chi connectivity index (χ1v) is 33.4. The Labute approximate surface area is 557 Å². The van der Waals surface area contributed by atoms with Crippen LogP contribution in [-0.2, 0) is 89.8 Å². The summed E-state index contributed by atoms with van der Waals surface area (Å²) in [6, 6.07) is -3.49. The lowest BCUT2D eigenvalue weighted by Gasteiger charge is -2.42. The normalized spacial score (nSPS) is 26.8. The number of carbonyl (C=O) groups excluding carboxylic acids is 7. The van der Waals surface area contributed by atoms with Crippen LogP contribution in [0.2, 0.25) is 0 Å². The summed E-state index contributed by atoms with van der Waals surface area (Å²) in [7, 11) is -4.24. The number of unbranched alkanes of at least 4 members (excludes halogenated alkanes) is 3. The summed E-state index contributed by atoms with van der Waals surface area (Å²) in [5, 5.41) is 110. The summed E-state index contributed by atoms with van der Waals surface area (Å²) in [6.45, 7) is 5.35. The molecule has 96 heavy (non-hydrogen) atoms. The van der Waals surface area contributed by atoms with Gasteiger partial charge in [0.1, 0.15) is 73.1 Å². The first kappa shape index (κ1) is 85.8. The lowest BCUT2D eigenvalue weighted by Crippen LogP contribution is -2.64. The zero-order valence-corrected chi connectivity index (χ0v) is 56.4. The van der Waals surface area contributed by atoms with Crippen LogP contribution in [-0.4, -0.2) is 351 Å². The molecule has 0 bridgehead atoms. The molecule has 39 heteroatoms. The van der Waals surface area contributed by atoms with Crippen LogP contribution >= 0.6 is 7.82 Å². The van der Waals surface area contributed by atoms with E-state index in [0.717, 1.165) is 0 Å². The maximum Gasteiger partial charge on any atom is 0.472 e. The zero-order valence-electron chi connectivity index (χ0n) is 55.5. The number of aliphatic hydroxyl groups is 9. The molecule has 3 heterocycles. The molecule has 0 aromatic rings. The monoisotopic (exact) mass is 1410 g/mol. The number of ether oxygens (including phenoxy) is 9. The maximum absolute atomic E-state index is 13.4. The molecule has 3 rings (SSSR count). The van der Waals surface area contributed by atoms with E-state index in [0.29, 0.717) is 25.7 Å². The van der Waals surface area contributed by atoms with Crippen molar-refractivity contribution >= 4 is 49.2 Å². The molecule has 7 amide bonds. The molecule has 0 spiro atoms. The van der Waals surface area contributed by atoms with Gasteiger partial charge in [0.2, 0.25) is 41.4 Å². The van der Waals surface area contributed by atoms with Gasteiger partial charge < -0.3 is 131 Å². The van der Waals surface area contributed by atoms with Crippen molar-refractivity contribution in [2.75, 3.05) is 151 Å². The van der Waals surface area contributed by atoms with Crippen molar-refractivity contribution in [2.24, 2.45) is 0 Å². The molecule has 16 atom stereocenters. The number of hydrogen-bond acceptors (Lipinski definition) is 30. The Kier molecular flexibility index (Phi) is 41.2. The molecule has 558 valence electrons. The lowest BCUT2D eigenvalue weighted by atomic mass is 9.97. The van der Waals surface area contributed by atoms with Gasteiger partial charge >= 0.3 is 7.82 Å². The van der Waals surface area contributed by atoms with Gasteiger partial charge in [0.05, 0.1) is 118 Å². The second-order valence-corrected chi connectivity index (χ2v) is 25.2. The maximum atomic E-state index is 13.4. The van der Waals surface area contributed by atoms with Gasteiger partial charge in [-0.05, 0) is 40.0 Å². The van der Waals surface area contributed by atoms with E-state index >= 15 is 0 Å². The number of phosphoric ester groups is 1. The summed E-state index contributed by atoms with van der Waals surface area (Å²) in [5.74, 6) is -3.53. The Morgan fingerprint density at radius 1 is 0.427 bits per heavy atom. The average molecular weight is 1410 g/mol. The third-order valence-electron chi connectivity index (χ3n) is 14.4. The summed E-state index contributed by atoms with van der Waals surface area (Å²) in [5.41, 5.74) is -0.889. The van der Waals surface area contributed by atoms with E-state index in [9.17, 15) is 89.0 Å². The molecule has 0 saturated carbocycles. The predicted molar refractivity (Wildman–Crippen MR) is 331 cm³/mol. The molecule has 0 radical (unpaired) electrons. The average Bonchev–Trinajstić information content (AvgIpc) is 0.828. The van der Waals surface area contributed by atoms with Crippen molar-refractivity contribution in [1.82, 2.24) is 47.0 Å². The van der Waals surface area contributed by atoms with E-state index < -0.39 is 167 Å². The molecule has 16 unspecified atom stereocenters. The van der Waals surface area contributed by atoms with Crippen molar-refractivity contribution in [3.8, 4) is 0 Å². The quantitative estimate of drug-likeness (QED) is 0.0199. The van der Waals surface area contributed by atoms with Crippen molar-refractivity contribution in [3.05, 3.63) is 0 Å². The summed E-state index contributed by atoms with van der Waals surface area (Å²) in [4.78, 5) is 102. The topological polar surface area (TPSA) is 531 Å². The van der Waals surface area contributed by atoms with E-state index in [2.05, 4.69) is 37.2 Å². The Bertz CT molecular complexity index is 2260. The van der Waals surface area contributed by atoms with Crippen LogP contribution in [0.1, 0.15) is 73.6 Å². The molecule has 0 aromatic heterocycles. The van der Waals surface area contributed by atoms with Gasteiger partial charge in [-0.3, -0.25) is 52.4 Å². The Morgan fingerprint density at radius 3 is 1.04 bits per heavy atom. The first-order chi connectivity index (χ1) is 45.5. The molecular weight excluding hydrogens is 1310 g/mol. The fourth-order valence-electron chi connectivity index (χ4n) is 9.94. The standard InChI is InChI=1S/C57H106N9O29P/c1-35(70)62-45-51(80)48(77)38(32-67)92-54(45)88-25-22-85-19-13-59-42(74)29-65(28-41(73)58-12-9-7-8-10-18-91-96(83,84)95-57(4,5)6)16-11-17-66(30-43(75)60-14-20-86-23-26-89-55-46(63-36(2)71)52(81)49(78)39(33-68)93-55)31-44(76)61-15-21-87-24-27-90-56-47(64-37(3)72)53(82)50(79)40(34-69)94-56/h38-40,45-56,67-69,77-82H,7-34H2,1-6H3,(H,58,73)(H,59,74)(H,60,75)(H,61,76)(H,62,70)(H,63,71)(H,64,72)(H,83,84). The van der Waals surface area contributed by atoms with E-state index in [4.69, 9.17) is 51.7 Å². The first-order valence-electron chi connectivity index (χ1n) is 32.0. The highest BCUT2D eigenvalue weighted by Crippen LogP contribution is 2.47. The van der Waals surface area contributed by atoms with Gasteiger partial charge in [-0.25, -0.2) is 4.57 Å². The van der Waals surface area contributed by atoms with Crippen LogP contribution in [0.3, 0.4) is 0 Å². The van der Waals surface area contributed by atoms with Crippen LogP contribution in [0.25, 0.3) is 0 Å². The lowest BCUT2D eigenvalue weighted by molar-refractivity contribution is -0.272. The second kappa shape index (κ2) is 46.1. The number of aliphatic hydroxyl groups excluding tert-OH is 9. The van der Waals surface area contributed by atoms with Gasteiger partial charge in [-0.2, -0.15) is 0 Å². The molecule has 0 aromatic carbocycles. The van der Waals surface area contributed by atoms with Gasteiger partial charge in [0, 0.05) is 60.0 Å². The fourth-order valence-corrected chi connectivity index (χ4v) is 11.0. The van der Waals surface area contributed by atoms with E-state index in [1.807, 2.05) is 0 Å². The Morgan fingerprint density at radius 2 is 0.740 bits per heavy atom. The van der Waals surface area contributed by atoms with E-state index in [-0.39, 0.29) is 138 Å². The SMILES string of the molecule is CC(=O)NC1C(OCCOCCNC(=O)CN(CCCN(CC(=O)NCCOCCOC2OC(CO)C(O)C(O)C2NC(C)=O)CC(=O)NCCOCCOC2OC(CO)C(O)C(O)C2NC(C)=O)CC(=O)NCCCCCCOP(=O)(O)OC(C)(C)C)OC(CO)C(O)C1O. The number of hydrogen-bond donors (Lipinski definition) is 17. The molecule has 0 aliphatic carbocycles. The van der Waals surface area contributed by atoms with Gasteiger partial charge in [0.25, 0.3) is 0 Å². The van der Waals surface area contributed by atoms with Gasteiger partial charge in [0.15, 0.2) is 18.9 Å². The van der Waals surface area contributed by atoms with E-state index in [1.54, 1.807) is 25.7 Å². The van der Waals surface area contributed by atoms with Gasteiger partial charge in [-0.1, -0.05) is 12.8 Å². The molecular formula is C57H106N9O29P. The summed E-state index contributed by atoms with van der Waals surface area (Å²) >= 11 is 0. The Hall–Kier alpha value is -4.40. The smallest absolute Gasteiger partial charge is 0.394 e. The highest BCUT2D eigenvalue weighted by molar-refractivity contribution is 7.47. The minimum atomic E-state index is -4.24. The molecule has 38 nitrogen and oxygen atoms in total. The summed E-state index contributed by atoms with van der Waals surface area (Å²) in [6.07, 6.45) is -13.9. The number of nitrogens with zero attached hydrogens (tertiary/aromatic N) is 2. The fraction of sp³-hybridized carbons (Fsp3) is 0.877. The van der Waals surface area contributed by atoms with Crippen molar-refractivity contribution in [1.29, 1.82) is 0 Å². The third-order valence-corrected chi connectivity index (χ3v) is 15.7. The van der Waals surface area contributed by atoms with Crippen LogP contribution in [0.15, 0.2) is 0 Å². The van der Waals surface area contributed by atoms with Crippen LogP contribution in [0.4, 0.5) is 0 Å². The summed E-state index contributed by atoms with van der Waals surface area (Å²) < 4.78 is 72.7. The van der Waals surface area contributed by atoms with Crippen LogP contribution in [0.5, 0.6) is 0 Å². The van der Waals surface area contributed by atoms with E-state index in [1.165, 1.54) is 25.7 Å². The minimum Gasteiger partial charge on any atom is -0.394 e. The van der Waals surface area contributed by atoms with Crippen molar-refractivity contribution < 1.29 is 141 Å². The van der Waals surface area contributed by atoms with Crippen LogP contribution in [0, 0.1) is 0 Å². The highest BCUT2D eigenvalue weighted by Gasteiger charge is 2.48. The molecule has 17 N–H and O–H groups in total. The number of rotatable bonds is 48. The number of carbonyl (C=O) groups is 7. The molecule has 3 aliphatic heterocycles. The van der Waals surface area contributed by atoms with Gasteiger partial charge in [-0.15, -0.1) is 0 Å². The third kappa shape index (κ3) is 34.1. The predicted octanol–water partition coefficient (Wildman–Crippen LogP) is -8.13. The highest BCUT2D eigenvalue weighted by atomic mass is 31.2. The largest absolute Gasteiger partial charge is 0.472 e. The number of nitrogens with one attached hydrogen (secondary N) is 7. The molecule has 3 saturated heterocycles. The zero-order chi connectivity index (χ0) is 71.4. The van der Waals surface area contributed by atoms with Crippen molar-refractivity contribution in [3.63, 3.8) is 0 Å². The number of phosphoric acid groups is 1.